The van der Waals surface area contributed by atoms with Gasteiger partial charge in [-0.2, -0.15) is 5.10 Å². The normalized spacial score (nSPS) is 13.4. The van der Waals surface area contributed by atoms with Gasteiger partial charge in [0.05, 0.1) is 46.0 Å². The van der Waals surface area contributed by atoms with E-state index in [9.17, 15) is 13.6 Å². The van der Waals surface area contributed by atoms with Crippen molar-refractivity contribution in [2.24, 2.45) is 5.92 Å². The maximum Gasteiger partial charge on any atom is 0.255 e. The Labute approximate surface area is 177 Å². The Morgan fingerprint density at radius 1 is 1.23 bits per heavy atom. The molecule has 0 aliphatic rings. The number of nitrogens with one attached hydrogen (secondary N) is 2. The Hall–Kier alpha value is -2.81. The highest BCUT2D eigenvalue weighted by atomic mass is 35.5. The van der Waals surface area contributed by atoms with Crippen molar-refractivity contribution >= 4 is 28.8 Å². The number of carbonyl (C=O) groups is 1. The Bertz CT molecular complexity index is 1040. The van der Waals surface area contributed by atoms with Crippen LogP contribution in [0, 0.1) is 5.92 Å². The van der Waals surface area contributed by atoms with Gasteiger partial charge in [-0.05, 0) is 18.9 Å². The van der Waals surface area contributed by atoms with Crippen molar-refractivity contribution in [2.75, 3.05) is 18.5 Å². The second-order valence-electron chi connectivity index (χ2n) is 7.38. The third-order valence-corrected chi connectivity index (χ3v) is 4.76. The van der Waals surface area contributed by atoms with E-state index in [-0.39, 0.29) is 18.0 Å². The standard InChI is InChI=1S/C20H23ClF2N6O/c1-11(2)16(23)9-26-20(30)15-7-24-17(4-18(15)28-12(3)5-22)14-8-27-29-10-13(21)6-25-19(14)29/h4,6-8,10-12,16H,5,9H2,1-3H3,(H,24,28)(H,26,30). The van der Waals surface area contributed by atoms with Gasteiger partial charge in [0.15, 0.2) is 5.65 Å². The molecule has 0 saturated heterocycles. The molecule has 1 amide bonds. The van der Waals surface area contributed by atoms with E-state index in [0.29, 0.717) is 27.6 Å². The number of alkyl halides is 2. The Morgan fingerprint density at radius 3 is 2.70 bits per heavy atom. The van der Waals surface area contributed by atoms with E-state index < -0.39 is 24.8 Å². The molecule has 10 heteroatoms. The van der Waals surface area contributed by atoms with Crippen LogP contribution in [0.4, 0.5) is 14.5 Å². The number of aromatic nitrogens is 4. The van der Waals surface area contributed by atoms with Gasteiger partial charge in [-0.1, -0.05) is 25.4 Å². The van der Waals surface area contributed by atoms with Crippen molar-refractivity contribution in [3.63, 3.8) is 0 Å². The fourth-order valence-corrected chi connectivity index (χ4v) is 2.90. The van der Waals surface area contributed by atoms with Crippen LogP contribution in [-0.2, 0) is 0 Å². The van der Waals surface area contributed by atoms with E-state index in [2.05, 4.69) is 25.7 Å². The number of pyridine rings is 1. The van der Waals surface area contributed by atoms with Gasteiger partial charge in [0.1, 0.15) is 12.8 Å². The topological polar surface area (TPSA) is 84.2 Å². The SMILES string of the molecule is CC(CF)Nc1cc(-c2cnn3cc(Cl)cnc23)ncc1C(=O)NCC(F)C(C)C. The smallest absolute Gasteiger partial charge is 0.255 e. The van der Waals surface area contributed by atoms with Gasteiger partial charge in [0.25, 0.3) is 5.91 Å². The number of amides is 1. The molecule has 3 rings (SSSR count). The fourth-order valence-electron chi connectivity index (χ4n) is 2.76. The highest BCUT2D eigenvalue weighted by Gasteiger charge is 2.19. The quantitative estimate of drug-likeness (QED) is 0.558. The number of halogens is 3. The van der Waals surface area contributed by atoms with Crippen LogP contribution in [0.5, 0.6) is 0 Å². The Balaban J connectivity index is 1.95. The summed E-state index contributed by atoms with van der Waals surface area (Å²) in [5.74, 6) is -0.706. The summed E-state index contributed by atoms with van der Waals surface area (Å²) >= 11 is 5.94. The fraction of sp³-hybridized carbons (Fsp3) is 0.400. The minimum Gasteiger partial charge on any atom is -0.379 e. The van der Waals surface area contributed by atoms with Crippen LogP contribution in [0.3, 0.4) is 0 Å². The zero-order valence-corrected chi connectivity index (χ0v) is 17.6. The van der Waals surface area contributed by atoms with E-state index in [1.54, 1.807) is 39.2 Å². The lowest BCUT2D eigenvalue weighted by Gasteiger charge is -2.17. The second-order valence-corrected chi connectivity index (χ2v) is 7.82. The first kappa shape index (κ1) is 21.9. The van der Waals surface area contributed by atoms with Crippen LogP contribution in [0.15, 0.2) is 30.9 Å². The zero-order valence-electron chi connectivity index (χ0n) is 16.9. The first-order valence-corrected chi connectivity index (χ1v) is 9.92. The molecule has 2 unspecified atom stereocenters. The van der Waals surface area contributed by atoms with Gasteiger partial charge in [-0.15, -0.1) is 0 Å². The van der Waals surface area contributed by atoms with Gasteiger partial charge < -0.3 is 10.6 Å². The van der Waals surface area contributed by atoms with E-state index >= 15 is 0 Å². The molecular weight excluding hydrogens is 414 g/mol. The summed E-state index contributed by atoms with van der Waals surface area (Å²) < 4.78 is 28.5. The molecule has 3 aromatic heterocycles. The van der Waals surface area contributed by atoms with Crippen molar-refractivity contribution < 1.29 is 13.6 Å². The molecule has 0 spiro atoms. The van der Waals surface area contributed by atoms with Crippen LogP contribution in [-0.4, -0.2) is 50.9 Å². The molecular formula is C20H23ClF2N6O. The van der Waals surface area contributed by atoms with E-state index in [4.69, 9.17) is 11.6 Å². The summed E-state index contributed by atoms with van der Waals surface area (Å²) in [7, 11) is 0. The molecule has 0 fully saturated rings. The summed E-state index contributed by atoms with van der Waals surface area (Å²) in [6, 6.07) is 1.10. The summed E-state index contributed by atoms with van der Waals surface area (Å²) in [4.78, 5) is 21.2. The van der Waals surface area contributed by atoms with Crippen molar-refractivity contribution in [1.29, 1.82) is 0 Å². The average Bonchev–Trinajstić information content (AvgIpc) is 3.14. The molecule has 0 aliphatic heterocycles. The molecule has 3 heterocycles. The Kier molecular flexibility index (Phi) is 6.81. The highest BCUT2D eigenvalue weighted by molar-refractivity contribution is 6.30. The number of carbonyl (C=O) groups excluding carboxylic acids is 1. The van der Waals surface area contributed by atoms with Crippen molar-refractivity contribution in [3.8, 4) is 11.3 Å². The van der Waals surface area contributed by atoms with Crippen LogP contribution in [0.2, 0.25) is 5.02 Å². The number of nitrogens with zero attached hydrogens (tertiary/aromatic N) is 4. The van der Waals surface area contributed by atoms with Gasteiger partial charge in [-0.25, -0.2) is 18.3 Å². The minimum atomic E-state index is -1.17. The average molecular weight is 437 g/mol. The lowest BCUT2D eigenvalue weighted by Crippen LogP contribution is -2.33. The predicted octanol–water partition coefficient (Wildman–Crippen LogP) is 3.94. The second kappa shape index (κ2) is 9.34. The zero-order chi connectivity index (χ0) is 21.8. The molecule has 7 nitrogen and oxygen atoms in total. The molecule has 0 aromatic carbocycles. The maximum absolute atomic E-state index is 13.9. The maximum atomic E-state index is 13.9. The number of hydrogen-bond donors (Lipinski definition) is 2. The molecule has 160 valence electrons. The van der Waals surface area contributed by atoms with Crippen LogP contribution < -0.4 is 10.6 Å². The number of hydrogen-bond acceptors (Lipinski definition) is 5. The Morgan fingerprint density at radius 2 is 2.00 bits per heavy atom. The molecule has 0 saturated carbocycles. The van der Waals surface area contributed by atoms with Gasteiger partial charge in [0.2, 0.25) is 0 Å². The minimum absolute atomic E-state index is 0.116. The van der Waals surface area contributed by atoms with Gasteiger partial charge in [0, 0.05) is 18.9 Å². The lowest BCUT2D eigenvalue weighted by atomic mass is 10.1. The molecule has 2 atom stereocenters. The first-order chi connectivity index (χ1) is 14.3. The third-order valence-electron chi connectivity index (χ3n) is 4.56. The summed E-state index contributed by atoms with van der Waals surface area (Å²) in [6.07, 6.45) is 4.90. The molecule has 2 N–H and O–H groups in total. The van der Waals surface area contributed by atoms with Crippen LogP contribution in [0.1, 0.15) is 31.1 Å². The van der Waals surface area contributed by atoms with Crippen molar-refractivity contribution in [2.45, 2.75) is 33.0 Å². The summed E-state index contributed by atoms with van der Waals surface area (Å²) in [6.45, 7) is 4.38. The van der Waals surface area contributed by atoms with E-state index in [1.807, 2.05) is 0 Å². The van der Waals surface area contributed by atoms with Gasteiger partial charge in [-0.3, -0.25) is 9.78 Å². The lowest BCUT2D eigenvalue weighted by molar-refractivity contribution is 0.0935. The summed E-state index contributed by atoms with van der Waals surface area (Å²) in [5.41, 5.74) is 2.23. The molecule has 30 heavy (non-hydrogen) atoms. The number of anilines is 1. The first-order valence-electron chi connectivity index (χ1n) is 9.54. The highest BCUT2D eigenvalue weighted by Crippen LogP contribution is 2.27. The number of fused-ring (bicyclic) bond motifs is 1. The van der Waals surface area contributed by atoms with Crippen LogP contribution >= 0.6 is 11.6 Å². The van der Waals surface area contributed by atoms with E-state index in [0.717, 1.165) is 0 Å². The third kappa shape index (κ3) is 4.84. The molecule has 0 aliphatic carbocycles. The monoisotopic (exact) mass is 436 g/mol. The molecule has 3 aromatic rings. The molecule has 0 bridgehead atoms. The predicted molar refractivity (Wildman–Crippen MR) is 112 cm³/mol. The van der Waals surface area contributed by atoms with Crippen LogP contribution in [0.25, 0.3) is 16.9 Å². The molecule has 0 radical (unpaired) electrons. The summed E-state index contributed by atoms with van der Waals surface area (Å²) in [5, 5.41) is 10.2. The van der Waals surface area contributed by atoms with Gasteiger partial charge >= 0.3 is 0 Å². The van der Waals surface area contributed by atoms with Crippen molar-refractivity contribution in [3.05, 3.63) is 41.4 Å². The van der Waals surface area contributed by atoms with E-state index in [1.165, 1.54) is 16.9 Å². The number of rotatable bonds is 8. The van der Waals surface area contributed by atoms with Crippen molar-refractivity contribution in [1.82, 2.24) is 24.9 Å². The largest absolute Gasteiger partial charge is 0.379 e.